The van der Waals surface area contributed by atoms with Gasteiger partial charge >= 0.3 is 6.03 Å². The van der Waals surface area contributed by atoms with Crippen molar-refractivity contribution in [3.05, 3.63) is 0 Å². The van der Waals surface area contributed by atoms with Crippen LogP contribution in [0.2, 0.25) is 0 Å². The van der Waals surface area contributed by atoms with Crippen molar-refractivity contribution in [1.29, 1.82) is 0 Å². The number of carbonyl (C=O) groups excluding carboxylic acids is 2. The van der Waals surface area contributed by atoms with E-state index in [9.17, 15) is 14.7 Å². The van der Waals surface area contributed by atoms with Gasteiger partial charge in [-0.05, 0) is 6.42 Å². The number of imide groups is 1. The Bertz CT molecular complexity index is 310. The highest BCUT2D eigenvalue weighted by Gasteiger charge is 2.40. The Morgan fingerprint density at radius 3 is 2.59 bits per heavy atom. The molecule has 0 aromatic heterocycles. The lowest BCUT2D eigenvalue weighted by Gasteiger charge is -2.47. The molecule has 2 aliphatic heterocycles. The van der Waals surface area contributed by atoms with Gasteiger partial charge in [-0.2, -0.15) is 0 Å². The van der Waals surface area contributed by atoms with Crippen LogP contribution < -0.4 is 5.32 Å². The monoisotopic (exact) mass is 241 g/mol. The lowest BCUT2D eigenvalue weighted by atomic mass is 9.89. The number of rotatable bonds is 5. The Labute approximate surface area is 101 Å². The lowest BCUT2D eigenvalue weighted by molar-refractivity contribution is -0.126. The summed E-state index contributed by atoms with van der Waals surface area (Å²) in [7, 11) is 0. The maximum atomic E-state index is 11.3. The van der Waals surface area contributed by atoms with Gasteiger partial charge in [-0.3, -0.25) is 14.6 Å². The van der Waals surface area contributed by atoms with Crippen molar-refractivity contribution >= 4 is 11.9 Å². The van der Waals surface area contributed by atoms with Crippen LogP contribution in [-0.4, -0.2) is 65.2 Å². The Morgan fingerprint density at radius 1 is 1.35 bits per heavy atom. The maximum absolute atomic E-state index is 11.3. The molecule has 6 nitrogen and oxygen atoms in total. The van der Waals surface area contributed by atoms with Crippen LogP contribution in [0.5, 0.6) is 0 Å². The van der Waals surface area contributed by atoms with E-state index < -0.39 is 5.60 Å². The second-order valence-corrected chi connectivity index (χ2v) is 4.89. The van der Waals surface area contributed by atoms with Crippen molar-refractivity contribution in [1.82, 2.24) is 15.1 Å². The summed E-state index contributed by atoms with van der Waals surface area (Å²) >= 11 is 0. The Hall–Kier alpha value is -1.14. The third-order valence-corrected chi connectivity index (χ3v) is 3.33. The summed E-state index contributed by atoms with van der Waals surface area (Å²) in [4.78, 5) is 25.9. The van der Waals surface area contributed by atoms with Crippen LogP contribution in [0.4, 0.5) is 4.79 Å². The molecule has 2 rings (SSSR count). The fraction of sp³-hybridized carbons (Fsp3) is 0.818. The fourth-order valence-electron chi connectivity index (χ4n) is 2.49. The minimum Gasteiger partial charge on any atom is -0.387 e. The zero-order chi connectivity index (χ0) is 12.5. The number of likely N-dealkylation sites (tertiary alicyclic amines) is 1. The number of β-amino-alcohol motifs (C(OH)–C–C–N with tert-alkyl or cyclic N) is 1. The topological polar surface area (TPSA) is 72.9 Å². The summed E-state index contributed by atoms with van der Waals surface area (Å²) in [6.45, 7) is 4.50. The highest BCUT2D eigenvalue weighted by Crippen LogP contribution is 2.25. The van der Waals surface area contributed by atoms with Crippen molar-refractivity contribution in [3.8, 4) is 0 Å². The molecule has 0 bridgehead atoms. The number of nitrogens with zero attached hydrogens (tertiary/aromatic N) is 2. The highest BCUT2D eigenvalue weighted by atomic mass is 16.3. The summed E-state index contributed by atoms with van der Waals surface area (Å²) in [5.74, 6) is -0.167. The molecule has 0 spiro atoms. The summed E-state index contributed by atoms with van der Waals surface area (Å²) in [6.07, 6.45) is 1.78. The van der Waals surface area contributed by atoms with E-state index in [1.54, 1.807) is 0 Å². The summed E-state index contributed by atoms with van der Waals surface area (Å²) < 4.78 is 0. The van der Waals surface area contributed by atoms with Gasteiger partial charge in [0.05, 0.1) is 12.1 Å². The molecule has 96 valence electrons. The third kappa shape index (κ3) is 2.58. The predicted octanol–water partition coefficient (Wildman–Crippen LogP) is -0.615. The van der Waals surface area contributed by atoms with Gasteiger partial charge in [-0.25, -0.2) is 4.79 Å². The van der Waals surface area contributed by atoms with E-state index in [1.165, 1.54) is 4.90 Å². The van der Waals surface area contributed by atoms with Crippen LogP contribution in [0, 0.1) is 0 Å². The zero-order valence-corrected chi connectivity index (χ0v) is 10.1. The molecule has 0 aromatic rings. The first-order valence-corrected chi connectivity index (χ1v) is 6.07. The maximum Gasteiger partial charge on any atom is 0.324 e. The van der Waals surface area contributed by atoms with E-state index in [2.05, 4.69) is 10.2 Å². The lowest BCUT2D eigenvalue weighted by Crippen LogP contribution is -2.62. The molecule has 2 saturated heterocycles. The normalized spacial score (nSPS) is 23.8. The van der Waals surface area contributed by atoms with E-state index in [0.29, 0.717) is 26.2 Å². The van der Waals surface area contributed by atoms with Crippen LogP contribution in [0.3, 0.4) is 0 Å². The van der Waals surface area contributed by atoms with Crippen LogP contribution in [0.15, 0.2) is 0 Å². The largest absolute Gasteiger partial charge is 0.387 e. The van der Waals surface area contributed by atoms with E-state index >= 15 is 0 Å². The van der Waals surface area contributed by atoms with Gasteiger partial charge in [0, 0.05) is 26.2 Å². The van der Waals surface area contributed by atoms with Crippen LogP contribution >= 0.6 is 0 Å². The van der Waals surface area contributed by atoms with Crippen molar-refractivity contribution in [2.24, 2.45) is 0 Å². The SMILES string of the molecule is CCCC1(O)CN(CCN2C(=O)CNC2=O)C1. The van der Waals surface area contributed by atoms with Crippen molar-refractivity contribution < 1.29 is 14.7 Å². The first-order valence-electron chi connectivity index (χ1n) is 6.07. The van der Waals surface area contributed by atoms with Gasteiger partial charge in [-0.15, -0.1) is 0 Å². The molecule has 17 heavy (non-hydrogen) atoms. The molecule has 0 aromatic carbocycles. The van der Waals surface area contributed by atoms with E-state index in [0.717, 1.165) is 12.8 Å². The minimum absolute atomic E-state index is 0.110. The molecule has 6 heteroatoms. The van der Waals surface area contributed by atoms with E-state index in [4.69, 9.17) is 0 Å². The van der Waals surface area contributed by atoms with Gasteiger partial charge in [-0.1, -0.05) is 13.3 Å². The number of aliphatic hydroxyl groups is 1. The zero-order valence-electron chi connectivity index (χ0n) is 10.1. The summed E-state index contributed by atoms with van der Waals surface area (Å²) in [6, 6.07) is -0.306. The van der Waals surface area contributed by atoms with E-state index in [-0.39, 0.29) is 18.5 Å². The van der Waals surface area contributed by atoms with Gasteiger partial charge in [0.2, 0.25) is 5.91 Å². The second kappa shape index (κ2) is 4.62. The molecule has 0 radical (unpaired) electrons. The fourth-order valence-corrected chi connectivity index (χ4v) is 2.49. The average Bonchev–Trinajstić information content (AvgIpc) is 2.54. The third-order valence-electron chi connectivity index (χ3n) is 3.33. The van der Waals surface area contributed by atoms with Crippen molar-refractivity contribution in [2.75, 3.05) is 32.7 Å². The molecular formula is C11H19N3O3. The number of carbonyl (C=O) groups is 2. The number of nitrogens with one attached hydrogen (secondary N) is 1. The molecule has 3 amide bonds. The van der Waals surface area contributed by atoms with Crippen molar-refractivity contribution in [2.45, 2.75) is 25.4 Å². The molecule has 0 saturated carbocycles. The molecule has 2 fully saturated rings. The molecule has 2 N–H and O–H groups in total. The number of amides is 3. The summed E-state index contributed by atoms with van der Waals surface area (Å²) in [5, 5.41) is 12.5. The Balaban J connectivity index is 1.71. The molecule has 0 unspecified atom stereocenters. The smallest absolute Gasteiger partial charge is 0.324 e. The molecule has 2 heterocycles. The highest BCUT2D eigenvalue weighted by molar-refractivity contribution is 6.01. The Kier molecular flexibility index (Phi) is 3.35. The summed E-state index contributed by atoms with van der Waals surface area (Å²) in [5.41, 5.74) is -0.550. The Morgan fingerprint density at radius 2 is 2.06 bits per heavy atom. The number of urea groups is 1. The van der Waals surface area contributed by atoms with Crippen LogP contribution in [0.1, 0.15) is 19.8 Å². The van der Waals surface area contributed by atoms with Gasteiger partial charge < -0.3 is 10.4 Å². The van der Waals surface area contributed by atoms with Gasteiger partial charge in [0.15, 0.2) is 0 Å². The van der Waals surface area contributed by atoms with E-state index in [1.807, 2.05) is 6.92 Å². The molecule has 0 aliphatic carbocycles. The predicted molar refractivity (Wildman–Crippen MR) is 61.4 cm³/mol. The van der Waals surface area contributed by atoms with Gasteiger partial charge in [0.1, 0.15) is 0 Å². The standard InChI is InChI=1S/C11H19N3O3/c1-2-3-11(17)7-13(8-11)4-5-14-9(15)6-12-10(14)16/h17H,2-8H2,1H3,(H,12,16). The first kappa shape index (κ1) is 12.3. The average molecular weight is 241 g/mol. The first-order chi connectivity index (χ1) is 8.04. The van der Waals surface area contributed by atoms with Crippen molar-refractivity contribution in [3.63, 3.8) is 0 Å². The molecular weight excluding hydrogens is 222 g/mol. The number of hydrogen-bond acceptors (Lipinski definition) is 4. The van der Waals surface area contributed by atoms with Crippen LogP contribution in [-0.2, 0) is 4.79 Å². The molecule has 0 atom stereocenters. The van der Waals surface area contributed by atoms with Crippen LogP contribution in [0.25, 0.3) is 0 Å². The second-order valence-electron chi connectivity index (χ2n) is 4.89. The molecule has 2 aliphatic rings. The quantitative estimate of drug-likeness (QED) is 0.630. The van der Waals surface area contributed by atoms with Gasteiger partial charge in [0.25, 0.3) is 0 Å². The minimum atomic E-state index is -0.550. The number of hydrogen-bond donors (Lipinski definition) is 2.